The first-order valence-corrected chi connectivity index (χ1v) is 4.44. The number of fused-ring (bicyclic) bond motifs is 1. The van der Waals surface area contributed by atoms with E-state index in [1.165, 1.54) is 0 Å². The maximum absolute atomic E-state index is 8.77. The largest absolute Gasteiger partial charge is 0.493 e. The molecule has 0 bridgehead atoms. The van der Waals surface area contributed by atoms with Gasteiger partial charge in [-0.25, -0.2) is 0 Å². The van der Waals surface area contributed by atoms with Gasteiger partial charge in [-0.1, -0.05) is 0 Å². The number of anilines is 1. The summed E-state index contributed by atoms with van der Waals surface area (Å²) in [5.74, 6) is 0.689. The second-order valence-corrected chi connectivity index (χ2v) is 3.33. The van der Waals surface area contributed by atoms with Gasteiger partial charge in [0.1, 0.15) is 11.8 Å². The lowest BCUT2D eigenvalue weighted by Crippen LogP contribution is -2.21. The lowest BCUT2D eigenvalue weighted by atomic mass is 9.99. The predicted octanol–water partition coefficient (Wildman–Crippen LogP) is 0.923. The van der Waals surface area contributed by atoms with Crippen LogP contribution in [-0.4, -0.2) is 6.61 Å². The van der Waals surface area contributed by atoms with Gasteiger partial charge in [-0.05, 0) is 6.07 Å². The predicted molar refractivity (Wildman–Crippen MR) is 52.6 cm³/mol. The third kappa shape index (κ3) is 1.28. The molecule has 0 aromatic heterocycles. The SMILES string of the molecule is N#Cc1cc2c(cc1N)[C@H](N)CCO2. The Morgan fingerprint density at radius 2 is 2.29 bits per heavy atom. The van der Waals surface area contributed by atoms with Gasteiger partial charge >= 0.3 is 0 Å². The molecule has 0 amide bonds. The fourth-order valence-corrected chi connectivity index (χ4v) is 1.58. The Hall–Kier alpha value is -1.73. The van der Waals surface area contributed by atoms with Crippen LogP contribution in [0.4, 0.5) is 5.69 Å². The molecule has 1 aromatic rings. The van der Waals surface area contributed by atoms with E-state index in [1.54, 1.807) is 12.1 Å². The molecular weight excluding hydrogens is 178 g/mol. The monoisotopic (exact) mass is 189 g/mol. The van der Waals surface area contributed by atoms with Crippen LogP contribution in [0, 0.1) is 11.3 Å². The molecule has 0 saturated heterocycles. The fourth-order valence-electron chi connectivity index (χ4n) is 1.58. The van der Waals surface area contributed by atoms with E-state index in [9.17, 15) is 0 Å². The molecule has 0 spiro atoms. The maximum Gasteiger partial charge on any atom is 0.125 e. The molecule has 4 N–H and O–H groups in total. The number of nitrogen functional groups attached to an aromatic ring is 1. The zero-order valence-electron chi connectivity index (χ0n) is 7.66. The Morgan fingerprint density at radius 1 is 1.50 bits per heavy atom. The molecule has 4 nitrogen and oxygen atoms in total. The second-order valence-electron chi connectivity index (χ2n) is 3.33. The van der Waals surface area contributed by atoms with E-state index in [-0.39, 0.29) is 6.04 Å². The first-order valence-electron chi connectivity index (χ1n) is 4.44. The molecule has 0 radical (unpaired) electrons. The minimum absolute atomic E-state index is 0.0335. The molecule has 0 fully saturated rings. The first-order chi connectivity index (χ1) is 6.72. The summed E-state index contributed by atoms with van der Waals surface area (Å²) < 4.78 is 5.40. The van der Waals surface area contributed by atoms with Crippen molar-refractivity contribution in [2.45, 2.75) is 12.5 Å². The molecule has 14 heavy (non-hydrogen) atoms. The number of benzene rings is 1. The molecule has 0 saturated carbocycles. The highest BCUT2D eigenvalue weighted by atomic mass is 16.5. The number of hydrogen-bond donors (Lipinski definition) is 2. The Bertz CT molecular complexity index is 409. The molecule has 4 heteroatoms. The Balaban J connectivity index is 2.55. The topological polar surface area (TPSA) is 85.1 Å². The summed E-state index contributed by atoms with van der Waals surface area (Å²) in [6.07, 6.45) is 0.790. The highest BCUT2D eigenvalue weighted by molar-refractivity contribution is 5.60. The lowest BCUT2D eigenvalue weighted by Gasteiger charge is -2.23. The zero-order valence-corrected chi connectivity index (χ0v) is 7.66. The summed E-state index contributed by atoms with van der Waals surface area (Å²) in [5.41, 5.74) is 13.4. The molecule has 1 aliphatic heterocycles. The van der Waals surface area contributed by atoms with Crippen LogP contribution in [0.15, 0.2) is 12.1 Å². The van der Waals surface area contributed by atoms with Gasteiger partial charge in [-0.15, -0.1) is 0 Å². The number of hydrogen-bond acceptors (Lipinski definition) is 4. The summed E-state index contributed by atoms with van der Waals surface area (Å²) in [7, 11) is 0. The van der Waals surface area contributed by atoms with Crippen molar-refractivity contribution in [1.82, 2.24) is 0 Å². The average Bonchev–Trinajstić information content (AvgIpc) is 2.19. The van der Waals surface area contributed by atoms with Crippen LogP contribution in [0.5, 0.6) is 5.75 Å². The van der Waals surface area contributed by atoms with Crippen molar-refractivity contribution in [2.24, 2.45) is 5.73 Å². The standard InChI is InChI=1S/C10H11N3O/c11-5-6-3-10-7(4-9(6)13)8(12)1-2-14-10/h3-4,8H,1-2,12-13H2/t8-/m1/s1. The summed E-state index contributed by atoms with van der Waals surface area (Å²) in [6.45, 7) is 0.600. The summed E-state index contributed by atoms with van der Waals surface area (Å²) in [4.78, 5) is 0. The van der Waals surface area contributed by atoms with Crippen molar-refractivity contribution in [2.75, 3.05) is 12.3 Å². The highest BCUT2D eigenvalue weighted by Gasteiger charge is 2.19. The van der Waals surface area contributed by atoms with Crippen LogP contribution in [0.3, 0.4) is 0 Å². The molecule has 1 atom stereocenters. The number of ether oxygens (including phenoxy) is 1. The summed E-state index contributed by atoms with van der Waals surface area (Å²) in [5, 5.41) is 8.77. The quantitative estimate of drug-likeness (QED) is 0.594. The maximum atomic E-state index is 8.77. The minimum atomic E-state index is -0.0335. The van der Waals surface area contributed by atoms with E-state index < -0.39 is 0 Å². The van der Waals surface area contributed by atoms with Crippen molar-refractivity contribution in [3.05, 3.63) is 23.3 Å². The third-order valence-corrected chi connectivity index (χ3v) is 2.39. The van der Waals surface area contributed by atoms with Crippen LogP contribution in [0.25, 0.3) is 0 Å². The number of rotatable bonds is 0. The van der Waals surface area contributed by atoms with Crippen LogP contribution in [0.1, 0.15) is 23.6 Å². The van der Waals surface area contributed by atoms with E-state index in [0.717, 1.165) is 12.0 Å². The van der Waals surface area contributed by atoms with Crippen molar-refractivity contribution in [1.29, 1.82) is 5.26 Å². The molecular formula is C10H11N3O. The molecule has 0 unspecified atom stereocenters. The first kappa shape index (κ1) is 8.85. The van der Waals surface area contributed by atoms with Gasteiger partial charge in [0.25, 0.3) is 0 Å². The summed E-state index contributed by atoms with van der Waals surface area (Å²) in [6, 6.07) is 5.37. The Labute approximate surface area is 82.1 Å². The van der Waals surface area contributed by atoms with Gasteiger partial charge in [-0.2, -0.15) is 5.26 Å². The van der Waals surface area contributed by atoms with Gasteiger partial charge in [0.2, 0.25) is 0 Å². The molecule has 1 heterocycles. The Morgan fingerprint density at radius 3 is 3.00 bits per heavy atom. The van der Waals surface area contributed by atoms with Crippen LogP contribution in [-0.2, 0) is 0 Å². The molecule has 0 aliphatic carbocycles. The lowest BCUT2D eigenvalue weighted by molar-refractivity contribution is 0.269. The van der Waals surface area contributed by atoms with E-state index in [4.69, 9.17) is 21.5 Å². The van der Waals surface area contributed by atoms with Gasteiger partial charge in [-0.3, -0.25) is 0 Å². The minimum Gasteiger partial charge on any atom is -0.493 e. The van der Waals surface area contributed by atoms with Gasteiger partial charge in [0.05, 0.1) is 17.9 Å². The molecule has 1 aromatic carbocycles. The van der Waals surface area contributed by atoms with Gasteiger partial charge in [0.15, 0.2) is 0 Å². The second kappa shape index (κ2) is 3.20. The molecule has 1 aliphatic rings. The fraction of sp³-hybridized carbons (Fsp3) is 0.300. The van der Waals surface area contributed by atoms with Crippen LogP contribution < -0.4 is 16.2 Å². The number of nitrogens with zero attached hydrogens (tertiary/aromatic N) is 1. The Kier molecular flexibility index (Phi) is 2.02. The van der Waals surface area contributed by atoms with Gasteiger partial charge < -0.3 is 16.2 Å². The molecule has 72 valence electrons. The van der Waals surface area contributed by atoms with Crippen LogP contribution in [0.2, 0.25) is 0 Å². The normalized spacial score (nSPS) is 19.3. The number of nitrogens with two attached hydrogens (primary N) is 2. The third-order valence-electron chi connectivity index (χ3n) is 2.39. The average molecular weight is 189 g/mol. The smallest absolute Gasteiger partial charge is 0.125 e. The van der Waals surface area contributed by atoms with Crippen LogP contribution >= 0.6 is 0 Å². The van der Waals surface area contributed by atoms with E-state index >= 15 is 0 Å². The highest BCUT2D eigenvalue weighted by Crippen LogP contribution is 2.33. The van der Waals surface area contributed by atoms with Crippen molar-refractivity contribution >= 4 is 5.69 Å². The van der Waals surface area contributed by atoms with E-state index in [0.29, 0.717) is 23.6 Å². The van der Waals surface area contributed by atoms with E-state index in [1.807, 2.05) is 6.07 Å². The van der Waals surface area contributed by atoms with Crippen molar-refractivity contribution in [3.8, 4) is 11.8 Å². The number of nitriles is 1. The van der Waals surface area contributed by atoms with Crippen molar-refractivity contribution < 1.29 is 4.74 Å². The van der Waals surface area contributed by atoms with E-state index in [2.05, 4.69) is 0 Å². The van der Waals surface area contributed by atoms with Gasteiger partial charge in [0, 0.05) is 24.1 Å². The summed E-state index contributed by atoms with van der Waals surface area (Å²) >= 11 is 0. The van der Waals surface area contributed by atoms with Crippen molar-refractivity contribution in [3.63, 3.8) is 0 Å². The molecule has 2 rings (SSSR count). The zero-order chi connectivity index (χ0) is 10.1.